The highest BCUT2D eigenvalue weighted by atomic mass is 16.5. The first kappa shape index (κ1) is 15.3. The first-order valence-electron chi connectivity index (χ1n) is 7.12. The van der Waals surface area contributed by atoms with Crippen LogP contribution in [0.25, 0.3) is 6.08 Å². The van der Waals surface area contributed by atoms with Crippen LogP contribution in [0.3, 0.4) is 0 Å². The highest BCUT2D eigenvalue weighted by Crippen LogP contribution is 2.24. The molecule has 1 aliphatic heterocycles. The lowest BCUT2D eigenvalue weighted by Gasteiger charge is -2.16. The molecule has 0 fully saturated rings. The second-order valence-electron chi connectivity index (χ2n) is 5.19. The first-order valence-corrected chi connectivity index (χ1v) is 7.12. The molecule has 0 aromatic heterocycles. The van der Waals surface area contributed by atoms with Gasteiger partial charge in [0, 0.05) is 11.1 Å². The third-order valence-corrected chi connectivity index (χ3v) is 3.62. The summed E-state index contributed by atoms with van der Waals surface area (Å²) >= 11 is 0. The maximum atomic E-state index is 11.8. The number of ether oxygens (including phenoxy) is 1. The zero-order valence-corrected chi connectivity index (χ0v) is 12.4. The normalized spacial score (nSPS) is 16.6. The average molecular weight is 287 g/mol. The molecule has 21 heavy (non-hydrogen) atoms. The third kappa shape index (κ3) is 3.92. The molecule has 112 valence electrons. The van der Waals surface area contributed by atoms with Crippen molar-refractivity contribution in [3.63, 3.8) is 0 Å². The predicted octanol–water partition coefficient (Wildman–Crippen LogP) is 1.94. The molecule has 1 heterocycles. The number of benzene rings is 1. The summed E-state index contributed by atoms with van der Waals surface area (Å²) in [6, 6.07) is 7.24. The van der Waals surface area contributed by atoms with Gasteiger partial charge < -0.3 is 10.5 Å². The maximum Gasteiger partial charge on any atom is 0.257 e. The van der Waals surface area contributed by atoms with Gasteiger partial charge >= 0.3 is 0 Å². The zero-order chi connectivity index (χ0) is 15.2. The van der Waals surface area contributed by atoms with Crippen LogP contribution in [0.4, 0.5) is 0 Å². The van der Waals surface area contributed by atoms with Crippen LogP contribution in [0, 0.1) is 5.92 Å². The first-order chi connectivity index (χ1) is 10.1. The zero-order valence-electron chi connectivity index (χ0n) is 12.4. The Morgan fingerprint density at radius 2 is 2.29 bits per heavy atom. The molecular weight excluding hydrogens is 266 g/mol. The lowest BCUT2D eigenvalue weighted by atomic mass is 10.00. The van der Waals surface area contributed by atoms with E-state index in [1.54, 1.807) is 6.21 Å². The van der Waals surface area contributed by atoms with Gasteiger partial charge in [-0.2, -0.15) is 5.10 Å². The number of nitrogens with one attached hydrogen (secondary N) is 1. The van der Waals surface area contributed by atoms with E-state index < -0.39 is 6.04 Å². The van der Waals surface area contributed by atoms with Crippen LogP contribution in [0.2, 0.25) is 0 Å². The summed E-state index contributed by atoms with van der Waals surface area (Å²) in [6.45, 7) is 4.39. The number of carbonyl (C=O) groups excluding carboxylic acids is 1. The molecule has 2 atom stereocenters. The fourth-order valence-corrected chi connectivity index (χ4v) is 1.97. The Morgan fingerprint density at radius 3 is 3.05 bits per heavy atom. The molecule has 0 saturated carbocycles. The molecule has 0 radical (unpaired) electrons. The van der Waals surface area contributed by atoms with Crippen molar-refractivity contribution in [1.82, 2.24) is 5.43 Å². The minimum Gasteiger partial charge on any atom is -0.488 e. The quantitative estimate of drug-likeness (QED) is 0.642. The fraction of sp³-hybridized carbons (Fsp3) is 0.375. The van der Waals surface area contributed by atoms with Crippen LogP contribution in [-0.2, 0) is 4.79 Å². The number of nitrogens with two attached hydrogens (primary N) is 1. The molecule has 1 aromatic rings. The van der Waals surface area contributed by atoms with Gasteiger partial charge in [0.2, 0.25) is 0 Å². The van der Waals surface area contributed by atoms with Crippen LogP contribution in [0.1, 0.15) is 25.8 Å². The lowest BCUT2D eigenvalue weighted by Crippen LogP contribution is -2.42. The van der Waals surface area contributed by atoms with Gasteiger partial charge in [-0.05, 0) is 18.1 Å². The van der Waals surface area contributed by atoms with Crippen molar-refractivity contribution in [3.05, 3.63) is 35.4 Å². The Balaban J connectivity index is 1.94. The van der Waals surface area contributed by atoms with E-state index in [1.807, 2.05) is 44.2 Å². The van der Waals surface area contributed by atoms with E-state index in [9.17, 15) is 4.79 Å². The van der Waals surface area contributed by atoms with E-state index in [-0.39, 0.29) is 11.8 Å². The van der Waals surface area contributed by atoms with Crippen molar-refractivity contribution in [3.8, 4) is 5.75 Å². The van der Waals surface area contributed by atoms with E-state index in [0.717, 1.165) is 23.3 Å². The average Bonchev–Trinajstić information content (AvgIpc) is 2.53. The molecule has 0 aliphatic carbocycles. The standard InChI is InChI=1S/C16H21N3O2/c1-3-11(2)15(17)16(20)19-18-9-12-8-13-6-4-5-7-14(13)21-10-12/h4-9,11,15H,3,10,17H2,1-2H3,(H,19,20). The van der Waals surface area contributed by atoms with Crippen molar-refractivity contribution < 1.29 is 9.53 Å². The second kappa shape index (κ2) is 7.04. The van der Waals surface area contributed by atoms with Gasteiger partial charge in [0.25, 0.3) is 5.91 Å². The van der Waals surface area contributed by atoms with E-state index in [1.165, 1.54) is 0 Å². The lowest BCUT2D eigenvalue weighted by molar-refractivity contribution is -0.123. The number of carbonyl (C=O) groups is 1. The number of rotatable bonds is 5. The van der Waals surface area contributed by atoms with Crippen LogP contribution in [0.5, 0.6) is 5.75 Å². The van der Waals surface area contributed by atoms with Crippen molar-refractivity contribution >= 4 is 18.2 Å². The Morgan fingerprint density at radius 1 is 1.52 bits per heavy atom. The smallest absolute Gasteiger partial charge is 0.257 e. The van der Waals surface area contributed by atoms with Gasteiger partial charge in [-0.1, -0.05) is 38.5 Å². The highest BCUT2D eigenvalue weighted by molar-refractivity contribution is 5.89. The summed E-state index contributed by atoms with van der Waals surface area (Å²) < 4.78 is 5.60. The largest absolute Gasteiger partial charge is 0.488 e. The third-order valence-electron chi connectivity index (χ3n) is 3.62. The summed E-state index contributed by atoms with van der Waals surface area (Å²) in [7, 11) is 0. The van der Waals surface area contributed by atoms with Gasteiger partial charge in [-0.3, -0.25) is 4.79 Å². The minimum absolute atomic E-state index is 0.129. The predicted molar refractivity (Wildman–Crippen MR) is 84.0 cm³/mol. The van der Waals surface area contributed by atoms with Crippen LogP contribution < -0.4 is 15.9 Å². The van der Waals surface area contributed by atoms with E-state index in [2.05, 4.69) is 10.5 Å². The second-order valence-corrected chi connectivity index (χ2v) is 5.19. The number of nitrogens with zero attached hydrogens (tertiary/aromatic N) is 1. The summed E-state index contributed by atoms with van der Waals surface area (Å²) in [5, 5.41) is 3.95. The van der Waals surface area contributed by atoms with Crippen LogP contribution in [0.15, 0.2) is 34.9 Å². The van der Waals surface area contributed by atoms with Crippen LogP contribution >= 0.6 is 0 Å². The number of hydrazone groups is 1. The van der Waals surface area contributed by atoms with Gasteiger partial charge in [-0.15, -0.1) is 0 Å². The maximum absolute atomic E-state index is 11.8. The van der Waals surface area contributed by atoms with Gasteiger partial charge in [0.1, 0.15) is 12.4 Å². The minimum atomic E-state index is -0.538. The SMILES string of the molecule is CCC(C)C(N)C(=O)NN=CC1=Cc2ccccc2OC1. The number of hydrogen-bond acceptors (Lipinski definition) is 4. The van der Waals surface area contributed by atoms with Gasteiger partial charge in [0.15, 0.2) is 0 Å². The number of amides is 1. The Labute approximate surface area is 124 Å². The highest BCUT2D eigenvalue weighted by Gasteiger charge is 2.18. The summed E-state index contributed by atoms with van der Waals surface area (Å²) in [6.07, 6.45) is 4.44. The van der Waals surface area contributed by atoms with E-state index in [0.29, 0.717) is 6.61 Å². The molecule has 1 amide bonds. The van der Waals surface area contributed by atoms with E-state index in [4.69, 9.17) is 10.5 Å². The Hall–Kier alpha value is -2.14. The molecule has 0 spiro atoms. The topological polar surface area (TPSA) is 76.7 Å². The molecular formula is C16H21N3O2. The molecule has 1 aliphatic rings. The number of para-hydroxylation sites is 1. The van der Waals surface area contributed by atoms with Crippen molar-refractivity contribution in [2.45, 2.75) is 26.3 Å². The summed E-state index contributed by atoms with van der Waals surface area (Å²) in [5.41, 5.74) is 10.2. The molecule has 0 saturated heterocycles. The van der Waals surface area contributed by atoms with Crippen molar-refractivity contribution in [2.75, 3.05) is 6.61 Å². The molecule has 3 N–H and O–H groups in total. The van der Waals surface area contributed by atoms with Gasteiger partial charge in [-0.25, -0.2) is 5.43 Å². The van der Waals surface area contributed by atoms with Crippen molar-refractivity contribution in [1.29, 1.82) is 0 Å². The molecule has 2 rings (SSSR count). The van der Waals surface area contributed by atoms with Crippen LogP contribution in [-0.4, -0.2) is 24.8 Å². The fourth-order valence-electron chi connectivity index (χ4n) is 1.97. The number of fused-ring (bicyclic) bond motifs is 1. The number of hydrogen-bond donors (Lipinski definition) is 2. The molecule has 2 unspecified atom stereocenters. The van der Waals surface area contributed by atoms with Crippen molar-refractivity contribution in [2.24, 2.45) is 16.8 Å². The van der Waals surface area contributed by atoms with E-state index >= 15 is 0 Å². The molecule has 5 nitrogen and oxygen atoms in total. The monoisotopic (exact) mass is 287 g/mol. The Bertz CT molecular complexity index is 566. The summed E-state index contributed by atoms with van der Waals surface area (Å²) in [5.74, 6) is 0.722. The molecule has 0 bridgehead atoms. The summed E-state index contributed by atoms with van der Waals surface area (Å²) in [4.78, 5) is 11.8. The Kier molecular flexibility index (Phi) is 5.11. The molecule has 1 aromatic carbocycles. The van der Waals surface area contributed by atoms with Gasteiger partial charge in [0.05, 0.1) is 12.3 Å². The molecule has 5 heteroatoms.